The molecular formula is C69H63ClN2S. The van der Waals surface area contributed by atoms with Crippen LogP contribution in [0.4, 0.5) is 34.1 Å². The number of thiophene rings is 1. The first-order valence-corrected chi connectivity index (χ1v) is 26.8. The van der Waals surface area contributed by atoms with E-state index in [0.29, 0.717) is 5.02 Å². The van der Waals surface area contributed by atoms with Crippen LogP contribution in [0.15, 0.2) is 200 Å². The number of halogens is 1. The van der Waals surface area contributed by atoms with Crippen LogP contribution in [0.2, 0.25) is 5.02 Å². The number of hydrogen-bond acceptors (Lipinski definition) is 3. The second kappa shape index (κ2) is 18.4. The van der Waals surface area contributed by atoms with Gasteiger partial charge in [-0.2, -0.15) is 0 Å². The molecule has 11 rings (SSSR count). The second-order valence-electron chi connectivity index (χ2n) is 22.9. The Morgan fingerprint density at radius 2 is 0.767 bits per heavy atom. The SMILES string of the molecule is Cc1ccc(-c2ccc3c4ccccc4c4ccccc4c3c2)cc1N(c1ccc(-c2ccc(C(C)(C)C)cc2)cc1)c1cccc(N(c2ccc(C(C)(C)C)cc2)c2csc3ccc(C(C)(C)C)cc23)c1Cl. The third-order valence-electron chi connectivity index (χ3n) is 14.8. The Labute approximate surface area is 441 Å². The molecule has 10 aromatic carbocycles. The van der Waals surface area contributed by atoms with Crippen molar-refractivity contribution >= 4 is 99.5 Å². The number of fused-ring (bicyclic) bond motifs is 7. The summed E-state index contributed by atoms with van der Waals surface area (Å²) in [4.78, 5) is 4.74. The molecule has 0 N–H and O–H groups in total. The Morgan fingerprint density at radius 3 is 1.32 bits per heavy atom. The lowest BCUT2D eigenvalue weighted by Gasteiger charge is -2.32. The largest absolute Gasteiger partial charge is 0.309 e. The lowest BCUT2D eigenvalue weighted by Crippen LogP contribution is -2.16. The average Bonchev–Trinajstić information content (AvgIpc) is 3.80. The molecule has 0 aliphatic heterocycles. The predicted molar refractivity (Wildman–Crippen MR) is 320 cm³/mol. The van der Waals surface area contributed by atoms with Gasteiger partial charge in [-0.25, -0.2) is 0 Å². The summed E-state index contributed by atoms with van der Waals surface area (Å²) in [5, 5.41) is 11.7. The molecule has 11 aromatic rings. The minimum atomic E-state index is -0.0164. The zero-order valence-corrected chi connectivity index (χ0v) is 45.3. The van der Waals surface area contributed by atoms with Gasteiger partial charge in [0.2, 0.25) is 0 Å². The smallest absolute Gasteiger partial charge is 0.0887 e. The minimum Gasteiger partial charge on any atom is -0.309 e. The van der Waals surface area contributed by atoms with Crippen LogP contribution < -0.4 is 9.80 Å². The molecule has 0 bridgehead atoms. The summed E-state index contributed by atoms with van der Waals surface area (Å²) in [7, 11) is 0. The molecule has 0 fully saturated rings. The maximum Gasteiger partial charge on any atom is 0.0887 e. The van der Waals surface area contributed by atoms with Crippen LogP contribution in [0.5, 0.6) is 0 Å². The first kappa shape index (κ1) is 48.1. The van der Waals surface area contributed by atoms with Crippen LogP contribution >= 0.6 is 22.9 Å². The van der Waals surface area contributed by atoms with Crippen molar-refractivity contribution in [1.82, 2.24) is 0 Å². The third kappa shape index (κ3) is 8.98. The van der Waals surface area contributed by atoms with Crippen molar-refractivity contribution in [1.29, 1.82) is 0 Å². The van der Waals surface area contributed by atoms with Gasteiger partial charge in [-0.15, -0.1) is 11.3 Å². The van der Waals surface area contributed by atoms with E-state index in [2.05, 4.69) is 279 Å². The summed E-state index contributed by atoms with van der Waals surface area (Å²) in [6, 6.07) is 72.0. The van der Waals surface area contributed by atoms with E-state index in [1.54, 1.807) is 11.3 Å². The molecule has 2 nitrogen and oxygen atoms in total. The third-order valence-corrected chi connectivity index (χ3v) is 16.2. The van der Waals surface area contributed by atoms with Gasteiger partial charge in [-0.1, -0.05) is 207 Å². The number of benzene rings is 10. The lowest BCUT2D eigenvalue weighted by atomic mass is 9.86. The van der Waals surface area contributed by atoms with Gasteiger partial charge >= 0.3 is 0 Å². The van der Waals surface area contributed by atoms with Gasteiger partial charge in [0.15, 0.2) is 0 Å². The van der Waals surface area contributed by atoms with E-state index < -0.39 is 0 Å². The Hall–Kier alpha value is -7.17. The van der Waals surface area contributed by atoms with Gasteiger partial charge in [0, 0.05) is 32.5 Å². The molecule has 1 heterocycles. The second-order valence-corrected chi connectivity index (χ2v) is 24.2. The van der Waals surface area contributed by atoms with Gasteiger partial charge < -0.3 is 9.80 Å². The molecule has 0 aliphatic rings. The first-order chi connectivity index (χ1) is 34.9. The lowest BCUT2D eigenvalue weighted by molar-refractivity contribution is 0.590. The fourth-order valence-electron chi connectivity index (χ4n) is 10.5. The van der Waals surface area contributed by atoms with Gasteiger partial charge in [0.25, 0.3) is 0 Å². The molecule has 0 amide bonds. The zero-order chi connectivity index (χ0) is 51.0. The maximum absolute atomic E-state index is 8.10. The Balaban J connectivity index is 1.10. The number of rotatable bonds is 8. The van der Waals surface area contributed by atoms with Crippen LogP contribution in [0.3, 0.4) is 0 Å². The Morgan fingerprint density at radius 1 is 0.342 bits per heavy atom. The number of nitrogens with zero attached hydrogens (tertiary/aromatic N) is 2. The molecule has 0 radical (unpaired) electrons. The van der Waals surface area contributed by atoms with Crippen molar-refractivity contribution in [3.8, 4) is 22.3 Å². The number of anilines is 6. The summed E-state index contributed by atoms with van der Waals surface area (Å²) < 4.78 is 1.24. The summed E-state index contributed by atoms with van der Waals surface area (Å²) in [6.07, 6.45) is 0. The Bertz CT molecular complexity index is 3830. The van der Waals surface area contributed by atoms with Gasteiger partial charge in [-0.05, 0) is 161 Å². The van der Waals surface area contributed by atoms with Crippen molar-refractivity contribution in [2.24, 2.45) is 0 Å². The molecule has 73 heavy (non-hydrogen) atoms. The molecule has 0 saturated carbocycles. The fourth-order valence-corrected chi connectivity index (χ4v) is 11.7. The molecule has 4 heteroatoms. The van der Waals surface area contributed by atoms with E-state index in [0.717, 1.165) is 56.4 Å². The number of hydrogen-bond donors (Lipinski definition) is 0. The van der Waals surface area contributed by atoms with Crippen molar-refractivity contribution in [3.05, 3.63) is 227 Å². The van der Waals surface area contributed by atoms with Gasteiger partial charge in [-0.3, -0.25) is 0 Å². The molecule has 0 unspecified atom stereocenters. The summed E-state index contributed by atoms with van der Waals surface area (Å²) in [6.45, 7) is 22.7. The van der Waals surface area contributed by atoms with E-state index in [9.17, 15) is 0 Å². The maximum atomic E-state index is 8.10. The Kier molecular flexibility index (Phi) is 12.1. The molecule has 0 atom stereocenters. The van der Waals surface area contributed by atoms with Crippen LogP contribution in [0, 0.1) is 6.92 Å². The summed E-state index contributed by atoms with van der Waals surface area (Å²) >= 11 is 9.88. The highest BCUT2D eigenvalue weighted by Gasteiger charge is 2.27. The number of aryl methyl sites for hydroxylation is 1. The molecule has 0 aliphatic carbocycles. The summed E-state index contributed by atoms with van der Waals surface area (Å²) in [5.74, 6) is 0. The van der Waals surface area contributed by atoms with Gasteiger partial charge in [0.05, 0.1) is 22.1 Å². The molecule has 362 valence electrons. The van der Waals surface area contributed by atoms with E-state index >= 15 is 0 Å². The normalized spacial score (nSPS) is 12.3. The van der Waals surface area contributed by atoms with Crippen LogP contribution in [0.1, 0.15) is 84.6 Å². The minimum absolute atomic E-state index is 0.00491. The van der Waals surface area contributed by atoms with Crippen LogP contribution in [-0.2, 0) is 16.2 Å². The van der Waals surface area contributed by atoms with E-state index in [4.69, 9.17) is 11.6 Å². The standard InChI is InChI=1S/C69H63ClN2S/c1-44-22-23-48(47-28-38-58-56-18-12-11-16-54(56)55-17-13-14-19-57(55)59(58)40-47)41-63(44)71(52-34-26-46(27-35-52)45-24-29-49(30-25-45)67(2,3)4)61-20-15-21-62(66(61)70)72(53-36-31-50(32-37-53)68(5,6)7)64-43-73-65-39-33-51(42-60(64)65)69(8,9)10/h11-43H,1-10H3. The predicted octanol–water partition coefficient (Wildman–Crippen LogP) is 21.5. The molecule has 1 aromatic heterocycles. The van der Waals surface area contributed by atoms with E-state index in [1.165, 1.54) is 64.7 Å². The average molecular weight is 988 g/mol. The van der Waals surface area contributed by atoms with Crippen molar-refractivity contribution < 1.29 is 0 Å². The molecule has 0 spiro atoms. The first-order valence-electron chi connectivity index (χ1n) is 25.6. The fraction of sp³-hybridized carbons (Fsp3) is 0.188. The molecule has 0 saturated heterocycles. The quantitative estimate of drug-likeness (QED) is 0.140. The van der Waals surface area contributed by atoms with Crippen LogP contribution in [0.25, 0.3) is 64.7 Å². The van der Waals surface area contributed by atoms with Crippen molar-refractivity contribution in [2.75, 3.05) is 9.80 Å². The van der Waals surface area contributed by atoms with Gasteiger partial charge in [0.1, 0.15) is 0 Å². The monoisotopic (exact) mass is 986 g/mol. The van der Waals surface area contributed by atoms with E-state index in [1.807, 2.05) is 0 Å². The van der Waals surface area contributed by atoms with Crippen molar-refractivity contribution in [2.45, 2.75) is 85.5 Å². The topological polar surface area (TPSA) is 6.48 Å². The highest BCUT2D eigenvalue weighted by molar-refractivity contribution is 7.17. The van der Waals surface area contributed by atoms with E-state index in [-0.39, 0.29) is 16.2 Å². The highest BCUT2D eigenvalue weighted by atomic mass is 35.5. The summed E-state index contributed by atoms with van der Waals surface area (Å²) in [5.41, 5.74) is 15.8. The van der Waals surface area contributed by atoms with Crippen molar-refractivity contribution in [3.63, 3.8) is 0 Å². The highest BCUT2D eigenvalue weighted by Crippen LogP contribution is 2.51. The molecular weight excluding hydrogens is 924 g/mol. The van der Waals surface area contributed by atoms with Crippen LogP contribution in [-0.4, -0.2) is 0 Å². The zero-order valence-electron chi connectivity index (χ0n) is 43.7.